The number of phenols is 2. The Morgan fingerprint density at radius 3 is 1.14 bits per heavy atom. The number of aliphatic hydroxyl groups excluding tert-OH is 3. The Bertz CT molecular complexity index is 4500. The number of aromatic hydroxyl groups is 2. The minimum absolute atomic E-state index is 0.0338. The number of phenolic OH excluding ortho intramolecular Hbond substituents is 1. The van der Waals surface area contributed by atoms with E-state index in [4.69, 9.17) is 128 Å². The summed E-state index contributed by atoms with van der Waals surface area (Å²) in [6.45, 7) is 17.5. The SMILES string of the molecule is BrP(Br)Br.C#CCBr.C#CCOc1ccc(CBr)c(C)c1.C#CCOc1ccc(CO)c(C)c1.C#CCOc1ccc(CP(=O)(Cl)Cl)c(C)c1.C#CCOc1ccc(CP(=O)(OCC)OCC)c(C)c1.C#CCOc1ccc(CP2(=O)OCc3ccccc3O2)c(C)c1.Cc1cc(O)ccc1CO.OCc1ccccc1O. The third kappa shape index (κ3) is 44.3. The van der Waals surface area contributed by atoms with Crippen LogP contribution >= 0.6 is 126 Å². The summed E-state index contributed by atoms with van der Waals surface area (Å²) >= 11 is 27.0. The quantitative estimate of drug-likeness (QED) is 0.0215. The summed E-state index contributed by atoms with van der Waals surface area (Å²) in [4.78, 5) is 0. The lowest BCUT2D eigenvalue weighted by Gasteiger charge is -2.26. The van der Waals surface area contributed by atoms with E-state index in [1.165, 1.54) is 11.1 Å². The first-order valence-corrected chi connectivity index (χ1v) is 50.5. The zero-order valence-electron chi connectivity index (χ0n) is 63.4. The summed E-state index contributed by atoms with van der Waals surface area (Å²) in [5.74, 6) is 16.0. The summed E-state index contributed by atoms with van der Waals surface area (Å²) in [6.07, 6.45) is 30.9. The molecule has 0 fully saturated rings. The van der Waals surface area contributed by atoms with Crippen molar-refractivity contribution in [3.8, 4) is 120 Å². The molecule has 0 spiro atoms. The van der Waals surface area contributed by atoms with Gasteiger partial charge in [0.05, 0.1) is 63.5 Å². The number of aryl methyl sites for hydroxylation is 6. The number of benzene rings is 8. The van der Waals surface area contributed by atoms with Crippen LogP contribution in [0.15, 0.2) is 158 Å². The number of hydrogen-bond donors (Lipinski definition) is 5. The van der Waals surface area contributed by atoms with Gasteiger partial charge in [-0.2, -0.15) is 0 Å². The predicted octanol–water partition coefficient (Wildman–Crippen LogP) is 23.2. The smallest absolute Gasteiger partial charge is 0.383 e. The molecule has 0 aliphatic carbocycles. The molecule has 0 bridgehead atoms. The van der Waals surface area contributed by atoms with Crippen LogP contribution in [0.25, 0.3) is 0 Å². The molecule has 8 aromatic carbocycles. The van der Waals surface area contributed by atoms with Gasteiger partial charge >= 0.3 is 15.2 Å². The zero-order chi connectivity index (χ0) is 84.1. The molecule has 1 aliphatic heterocycles. The van der Waals surface area contributed by atoms with Crippen molar-refractivity contribution in [2.24, 2.45) is 0 Å². The van der Waals surface area contributed by atoms with Crippen LogP contribution in [0.2, 0.25) is 0 Å². The minimum atomic E-state index is -3.20. The molecule has 112 heavy (non-hydrogen) atoms. The first-order valence-electron chi connectivity index (χ1n) is 33.7. The number of hydrogen-bond acceptors (Lipinski definition) is 17. The normalized spacial score (nSPS) is 11.8. The molecule has 0 radical (unpaired) electrons. The highest BCUT2D eigenvalue weighted by atomic mass is 80.0. The number of halogens is 7. The molecular formula is C84H93Br5Cl2O17P4. The van der Waals surface area contributed by atoms with Crippen LogP contribution < -0.4 is 28.2 Å². The van der Waals surface area contributed by atoms with Crippen LogP contribution in [0.5, 0.6) is 46.0 Å². The van der Waals surface area contributed by atoms with E-state index in [2.05, 4.69) is 121 Å². The largest absolute Gasteiger partial charge is 0.508 e. The molecular weight excluding hydrogens is 1880 g/mol. The van der Waals surface area contributed by atoms with Gasteiger partial charge in [-0.3, -0.25) is 13.7 Å². The van der Waals surface area contributed by atoms with Gasteiger partial charge in [0.15, 0.2) is 0 Å². The van der Waals surface area contributed by atoms with Gasteiger partial charge in [-0.25, -0.2) is 4.57 Å². The van der Waals surface area contributed by atoms with E-state index in [0.29, 0.717) is 60.3 Å². The van der Waals surface area contributed by atoms with Gasteiger partial charge in [0.2, 0.25) is 0 Å². The third-order valence-electron chi connectivity index (χ3n) is 14.6. The van der Waals surface area contributed by atoms with Gasteiger partial charge in [0.1, 0.15) is 83.1 Å². The second-order valence-electron chi connectivity index (χ2n) is 22.9. The summed E-state index contributed by atoms with van der Waals surface area (Å²) < 4.78 is 84.7. The van der Waals surface area contributed by atoms with Crippen LogP contribution in [0.1, 0.15) is 91.7 Å². The van der Waals surface area contributed by atoms with Crippen molar-refractivity contribution < 1.29 is 81.0 Å². The number of para-hydroxylation sites is 2. The highest BCUT2D eigenvalue weighted by molar-refractivity contribution is 9.93. The van der Waals surface area contributed by atoms with Crippen molar-refractivity contribution in [2.75, 3.05) is 51.6 Å². The number of ether oxygens (including phenoxy) is 5. The van der Waals surface area contributed by atoms with Crippen molar-refractivity contribution in [3.05, 3.63) is 236 Å². The maximum absolute atomic E-state index is 12.9. The molecule has 17 nitrogen and oxygen atoms in total. The fraction of sp³-hybridized carbons (Fsp3) is 0.286. The van der Waals surface area contributed by atoms with E-state index in [1.807, 2.05) is 132 Å². The first-order chi connectivity index (χ1) is 53.3. The highest BCUT2D eigenvalue weighted by Gasteiger charge is 2.33. The Balaban J connectivity index is 0.000000654. The predicted molar refractivity (Wildman–Crippen MR) is 476 cm³/mol. The van der Waals surface area contributed by atoms with Crippen molar-refractivity contribution in [1.82, 2.24) is 0 Å². The molecule has 0 saturated heterocycles. The molecule has 0 saturated carbocycles. The van der Waals surface area contributed by atoms with Crippen LogP contribution in [0.4, 0.5) is 0 Å². The van der Waals surface area contributed by atoms with E-state index in [0.717, 1.165) is 78.0 Å². The fourth-order valence-corrected chi connectivity index (χ4v) is 14.8. The molecule has 1 heterocycles. The number of rotatable bonds is 24. The van der Waals surface area contributed by atoms with E-state index >= 15 is 0 Å². The molecule has 5 N–H and O–H groups in total. The summed E-state index contributed by atoms with van der Waals surface area (Å²) in [7, 11) is -6.28. The Morgan fingerprint density at radius 2 is 0.812 bits per heavy atom. The van der Waals surface area contributed by atoms with Gasteiger partial charge in [0, 0.05) is 16.5 Å². The Labute approximate surface area is 713 Å². The molecule has 600 valence electrons. The average molecular weight is 1970 g/mol. The summed E-state index contributed by atoms with van der Waals surface area (Å²) in [5, 5.41) is 45.6. The zero-order valence-corrected chi connectivity index (χ0v) is 76.4. The molecule has 0 amide bonds. The van der Waals surface area contributed by atoms with Crippen LogP contribution in [-0.2, 0) is 77.5 Å². The molecule has 0 aromatic heterocycles. The second-order valence-corrected chi connectivity index (χ2v) is 48.6. The Hall–Kier alpha value is -6.62. The molecule has 1 aliphatic rings. The van der Waals surface area contributed by atoms with E-state index in [1.54, 1.807) is 74.5 Å². The number of alkyl halides is 2. The average Bonchev–Trinajstić information content (AvgIpc) is 0.797. The Morgan fingerprint density at radius 1 is 0.473 bits per heavy atom. The minimum Gasteiger partial charge on any atom is -0.508 e. The van der Waals surface area contributed by atoms with Crippen molar-refractivity contribution in [3.63, 3.8) is 0 Å². The van der Waals surface area contributed by atoms with Gasteiger partial charge in [-0.1, -0.05) is 140 Å². The summed E-state index contributed by atoms with van der Waals surface area (Å²) in [6, 6.07) is 47.0. The first kappa shape index (κ1) is 103. The second kappa shape index (κ2) is 59.1. The van der Waals surface area contributed by atoms with Gasteiger partial charge in [0.25, 0.3) is 5.85 Å². The lowest BCUT2D eigenvalue weighted by Crippen LogP contribution is -2.09. The molecule has 8 aromatic rings. The van der Waals surface area contributed by atoms with Crippen LogP contribution in [0.3, 0.4) is 0 Å². The maximum atomic E-state index is 12.9. The lowest BCUT2D eigenvalue weighted by molar-refractivity contribution is 0.219. The van der Waals surface area contributed by atoms with E-state index in [9.17, 15) is 13.7 Å². The maximum Gasteiger partial charge on any atom is 0.383 e. The monoisotopic (exact) mass is 1960 g/mol. The molecule has 1 atom stereocenters. The number of fused-ring (bicyclic) bond motifs is 1. The Kier molecular flexibility index (Phi) is 54.6. The number of terminal acetylenes is 6. The summed E-state index contributed by atoms with van der Waals surface area (Å²) in [5.41, 5.74) is 13.2. The molecule has 28 heteroatoms. The fourth-order valence-electron chi connectivity index (χ4n) is 9.05. The van der Waals surface area contributed by atoms with Gasteiger partial charge < -0.3 is 62.8 Å². The van der Waals surface area contributed by atoms with Crippen molar-refractivity contribution in [2.45, 2.75) is 106 Å². The topological polar surface area (TPSA) is 235 Å². The van der Waals surface area contributed by atoms with Crippen molar-refractivity contribution in [1.29, 1.82) is 0 Å². The van der Waals surface area contributed by atoms with E-state index < -0.39 is 21.0 Å². The highest BCUT2D eigenvalue weighted by Crippen LogP contribution is 2.60. The molecule has 9 rings (SSSR count). The lowest BCUT2D eigenvalue weighted by atomic mass is 10.1. The van der Waals surface area contributed by atoms with Gasteiger partial charge in [-0.05, 0) is 276 Å². The van der Waals surface area contributed by atoms with Crippen LogP contribution in [-0.4, -0.2) is 77.1 Å². The molecule has 1 unspecified atom stereocenters. The van der Waals surface area contributed by atoms with Gasteiger partial charge in [-0.15, -0.1) is 38.5 Å². The van der Waals surface area contributed by atoms with Crippen molar-refractivity contribution >= 4 is 126 Å². The standard InChI is InChI=1S/C18H17O4P.C15H21O4P.C11H11BrO.C11H11Cl2O2P.C11H12O2.C8H10O2.C7H8O2.C3H3Br.Br3P/c1-3-10-20-17-9-8-16(14(2)11-17)13-23(19)21-12-15-6-4-5-7-18(15)22-23;1-5-10-17-15-9-8-14(13(4)11-15)12-20(16,18-6-2)19-7-3;1-3-6-13-11-5-4-10(8-12)9(2)7-11;1-3-6-15-11-5-4-10(9(2)7-11)8-16(12,13)14;1-3-6-13-11-5-4-10(8-12)9(2)7-11;1-6-4-8(10)3-2-7(6)5-9;8-5-6-3-1-2-4-7(6)9;1-2-3-4;1-4(2)3/h1,4-9,11H,10,12-13H2,2H3;1,8-9,11H,6-7,10,12H2,2-4H3;1,4-5,7H,6,8H2,2H3;1,4-5,7H,6,8H2,2H3;1,4-5,7,12H,6,8H2,2H3;2-4,9-10H,5H2,1H3;1-4,8-9H,5H2;1H,3H2;. The van der Waals surface area contributed by atoms with Crippen LogP contribution in [0, 0.1) is 116 Å². The van der Waals surface area contributed by atoms with E-state index in [-0.39, 0.29) is 80.3 Å². The number of aliphatic hydroxyl groups is 3. The third-order valence-corrected chi connectivity index (χ3v) is 20.7.